The van der Waals surface area contributed by atoms with Gasteiger partial charge in [-0.25, -0.2) is 0 Å². The number of aromatic nitrogens is 1. The van der Waals surface area contributed by atoms with Gasteiger partial charge in [-0.2, -0.15) is 0 Å². The van der Waals surface area contributed by atoms with E-state index in [2.05, 4.69) is 240 Å². The molecule has 0 saturated heterocycles. The van der Waals surface area contributed by atoms with Crippen molar-refractivity contribution in [3.05, 3.63) is 231 Å². The Labute approximate surface area is 363 Å². The highest BCUT2D eigenvalue weighted by atomic mass is 16.3. The fourth-order valence-electron chi connectivity index (χ4n) is 10.1. The Bertz CT molecular complexity index is 3860. The lowest BCUT2D eigenvalue weighted by Gasteiger charge is -2.29. The van der Waals surface area contributed by atoms with Crippen LogP contribution in [0.15, 0.2) is 235 Å². The number of anilines is 3. The quantitative estimate of drug-likeness (QED) is 0.156. The van der Waals surface area contributed by atoms with Gasteiger partial charge in [-0.3, -0.25) is 0 Å². The maximum absolute atomic E-state index is 6.59. The number of furan rings is 1. The SMILES string of the molecule is c1ccc(-n2c3ccccc3c3ccccc32)c(N(c2ccc(-c3cc4ccccc4c4ccccc34)cc2)c2ccc(-c3cccc4oc5c6ccccc6ccc5c34)cc2)c1. The first kappa shape index (κ1) is 35.4. The molecule has 13 rings (SSSR count). The van der Waals surface area contributed by atoms with Crippen LogP contribution in [0.4, 0.5) is 17.1 Å². The molecule has 2 aromatic heterocycles. The van der Waals surface area contributed by atoms with E-state index in [0.717, 1.165) is 61.2 Å². The minimum absolute atomic E-state index is 0.893. The first-order chi connectivity index (χ1) is 31.3. The molecular formula is C60H38N2O. The van der Waals surface area contributed by atoms with Crippen LogP contribution in [0.25, 0.3) is 104 Å². The molecule has 0 amide bonds. The second-order valence-electron chi connectivity index (χ2n) is 16.4. The van der Waals surface area contributed by atoms with Crippen LogP contribution in [0.5, 0.6) is 0 Å². The predicted octanol–water partition coefficient (Wildman–Crippen LogP) is 16.9. The van der Waals surface area contributed by atoms with Crippen LogP contribution < -0.4 is 4.90 Å². The summed E-state index contributed by atoms with van der Waals surface area (Å²) in [5, 5.41) is 12.1. The number of rotatable bonds is 6. The van der Waals surface area contributed by atoms with Crippen LogP contribution in [0, 0.1) is 0 Å². The average molecular weight is 803 g/mol. The number of nitrogens with zero attached hydrogens (tertiary/aromatic N) is 2. The van der Waals surface area contributed by atoms with E-state index in [4.69, 9.17) is 4.42 Å². The summed E-state index contributed by atoms with van der Waals surface area (Å²) in [7, 11) is 0. The molecule has 13 aromatic rings. The molecule has 63 heavy (non-hydrogen) atoms. The number of para-hydroxylation sites is 4. The van der Waals surface area contributed by atoms with Crippen LogP contribution in [0.1, 0.15) is 0 Å². The zero-order chi connectivity index (χ0) is 41.4. The number of hydrogen-bond donors (Lipinski definition) is 0. The predicted molar refractivity (Wildman–Crippen MR) is 266 cm³/mol. The molecule has 0 fully saturated rings. The summed E-state index contributed by atoms with van der Waals surface area (Å²) in [6, 6.07) is 83.5. The van der Waals surface area contributed by atoms with E-state index in [9.17, 15) is 0 Å². The van der Waals surface area contributed by atoms with Crippen molar-refractivity contribution < 1.29 is 4.42 Å². The molecule has 0 saturated carbocycles. The third kappa shape index (κ3) is 5.53. The van der Waals surface area contributed by atoms with E-state index < -0.39 is 0 Å². The van der Waals surface area contributed by atoms with Gasteiger partial charge in [-0.15, -0.1) is 0 Å². The highest BCUT2D eigenvalue weighted by Crippen LogP contribution is 2.45. The van der Waals surface area contributed by atoms with Crippen LogP contribution in [-0.2, 0) is 0 Å². The number of fused-ring (bicyclic) bond motifs is 11. The Morgan fingerprint density at radius 3 is 1.62 bits per heavy atom. The van der Waals surface area contributed by atoms with Crippen molar-refractivity contribution in [3.63, 3.8) is 0 Å². The Hall–Kier alpha value is -8.40. The zero-order valence-electron chi connectivity index (χ0n) is 34.2. The van der Waals surface area contributed by atoms with Gasteiger partial charge in [-0.05, 0) is 116 Å². The third-order valence-corrected chi connectivity index (χ3v) is 13.0. The Morgan fingerprint density at radius 2 is 0.905 bits per heavy atom. The van der Waals surface area contributed by atoms with Crippen molar-refractivity contribution in [2.24, 2.45) is 0 Å². The molecule has 0 bridgehead atoms. The topological polar surface area (TPSA) is 21.3 Å². The summed E-state index contributed by atoms with van der Waals surface area (Å²) >= 11 is 0. The number of benzene rings is 11. The summed E-state index contributed by atoms with van der Waals surface area (Å²) in [5.41, 5.74) is 13.2. The molecule has 3 heteroatoms. The summed E-state index contributed by atoms with van der Waals surface area (Å²) in [6.07, 6.45) is 0. The molecule has 0 aliphatic heterocycles. The first-order valence-corrected chi connectivity index (χ1v) is 21.6. The Balaban J connectivity index is 0.992. The number of hydrogen-bond acceptors (Lipinski definition) is 2. The van der Waals surface area contributed by atoms with Crippen LogP contribution in [0.3, 0.4) is 0 Å². The minimum Gasteiger partial charge on any atom is -0.455 e. The van der Waals surface area contributed by atoms with Crippen molar-refractivity contribution in [1.29, 1.82) is 0 Å². The van der Waals surface area contributed by atoms with E-state index in [1.54, 1.807) is 0 Å². The molecule has 0 radical (unpaired) electrons. The van der Waals surface area contributed by atoms with Crippen LogP contribution in [-0.4, -0.2) is 4.57 Å². The molecule has 0 spiro atoms. The van der Waals surface area contributed by atoms with Crippen LogP contribution >= 0.6 is 0 Å². The lowest BCUT2D eigenvalue weighted by atomic mass is 9.93. The summed E-state index contributed by atoms with van der Waals surface area (Å²) in [5.74, 6) is 0. The Kier molecular flexibility index (Phi) is 7.91. The van der Waals surface area contributed by atoms with E-state index >= 15 is 0 Å². The van der Waals surface area contributed by atoms with Crippen molar-refractivity contribution in [1.82, 2.24) is 4.57 Å². The zero-order valence-corrected chi connectivity index (χ0v) is 34.2. The fourth-order valence-corrected chi connectivity index (χ4v) is 10.1. The average Bonchev–Trinajstić information content (AvgIpc) is 3.91. The minimum atomic E-state index is 0.893. The van der Waals surface area contributed by atoms with E-state index in [0.29, 0.717) is 0 Å². The second-order valence-corrected chi connectivity index (χ2v) is 16.4. The molecule has 3 nitrogen and oxygen atoms in total. The molecule has 0 aliphatic rings. The highest BCUT2D eigenvalue weighted by molar-refractivity contribution is 6.19. The summed E-state index contributed by atoms with van der Waals surface area (Å²) in [4.78, 5) is 2.41. The Morgan fingerprint density at radius 1 is 0.349 bits per heavy atom. The fraction of sp³-hybridized carbons (Fsp3) is 0. The van der Waals surface area contributed by atoms with Crippen molar-refractivity contribution in [2.75, 3.05) is 4.90 Å². The van der Waals surface area contributed by atoms with Gasteiger partial charge < -0.3 is 13.9 Å². The van der Waals surface area contributed by atoms with Crippen molar-refractivity contribution >= 4 is 93.1 Å². The van der Waals surface area contributed by atoms with Gasteiger partial charge in [-0.1, -0.05) is 164 Å². The molecule has 294 valence electrons. The smallest absolute Gasteiger partial charge is 0.143 e. The van der Waals surface area contributed by atoms with E-state index in [1.165, 1.54) is 59.9 Å². The van der Waals surface area contributed by atoms with Crippen molar-refractivity contribution in [3.8, 4) is 27.9 Å². The molecular weight excluding hydrogens is 765 g/mol. The van der Waals surface area contributed by atoms with Gasteiger partial charge in [0.1, 0.15) is 11.2 Å². The van der Waals surface area contributed by atoms with Crippen molar-refractivity contribution in [2.45, 2.75) is 0 Å². The highest BCUT2D eigenvalue weighted by Gasteiger charge is 2.22. The van der Waals surface area contributed by atoms with Gasteiger partial charge >= 0.3 is 0 Å². The molecule has 0 aliphatic carbocycles. The largest absolute Gasteiger partial charge is 0.455 e. The molecule has 11 aromatic carbocycles. The lowest BCUT2D eigenvalue weighted by Crippen LogP contribution is -2.13. The van der Waals surface area contributed by atoms with Gasteiger partial charge in [0.2, 0.25) is 0 Å². The first-order valence-electron chi connectivity index (χ1n) is 21.6. The summed E-state index contributed by atoms with van der Waals surface area (Å²) < 4.78 is 9.01. The van der Waals surface area contributed by atoms with Gasteiger partial charge in [0, 0.05) is 38.3 Å². The van der Waals surface area contributed by atoms with Crippen LogP contribution in [0.2, 0.25) is 0 Å². The standard InChI is InChI=1S/C60H38N2O/c1-4-17-47-39(14-1)32-37-52-59-46(22-13-27-58(59)63-60(47)52)40-28-33-43(34-29-40)61(56-25-11-12-26-57(56)62-54-23-9-7-20-50(54)51-21-8-10-24-55(51)62)44-35-30-41(31-36-44)53-38-42-15-2-3-16-45(42)48-18-5-6-19-49(48)53/h1-38H. The van der Waals surface area contributed by atoms with E-state index in [-0.39, 0.29) is 0 Å². The lowest BCUT2D eigenvalue weighted by molar-refractivity contribution is 0.673. The maximum Gasteiger partial charge on any atom is 0.143 e. The van der Waals surface area contributed by atoms with Gasteiger partial charge in [0.15, 0.2) is 0 Å². The maximum atomic E-state index is 6.59. The monoisotopic (exact) mass is 802 g/mol. The van der Waals surface area contributed by atoms with Gasteiger partial charge in [0.25, 0.3) is 0 Å². The molecule has 0 atom stereocenters. The second kappa shape index (κ2) is 14.1. The molecule has 0 unspecified atom stereocenters. The van der Waals surface area contributed by atoms with E-state index in [1.807, 2.05) is 0 Å². The summed E-state index contributed by atoms with van der Waals surface area (Å²) in [6.45, 7) is 0. The normalized spacial score (nSPS) is 11.8. The molecule has 0 N–H and O–H groups in total. The van der Waals surface area contributed by atoms with Gasteiger partial charge in [0.05, 0.1) is 22.4 Å². The third-order valence-electron chi connectivity index (χ3n) is 13.0. The molecule has 2 heterocycles.